The molecule has 1 aromatic heterocycles. The monoisotopic (exact) mass is 447 g/mol. The number of carbonyl (C=O) groups is 1. The number of ether oxygens (including phenoxy) is 2. The molecule has 31 heavy (non-hydrogen) atoms. The van der Waals surface area contributed by atoms with Crippen molar-refractivity contribution in [3.63, 3.8) is 0 Å². The van der Waals surface area contributed by atoms with Crippen LogP contribution in [0.1, 0.15) is 31.4 Å². The van der Waals surface area contributed by atoms with Gasteiger partial charge >= 0.3 is 11.6 Å². The van der Waals surface area contributed by atoms with E-state index in [0.717, 1.165) is 12.1 Å². The second-order valence-corrected chi connectivity index (χ2v) is 6.30. The third kappa shape index (κ3) is 4.83. The van der Waals surface area contributed by atoms with E-state index in [1.807, 2.05) is 13.8 Å². The topological polar surface area (TPSA) is 173 Å². The number of alkyl halides is 2. The summed E-state index contributed by atoms with van der Waals surface area (Å²) in [6, 6.07) is 3.42. The summed E-state index contributed by atoms with van der Waals surface area (Å²) >= 11 is 0. The lowest BCUT2D eigenvalue weighted by molar-refractivity contribution is -0.271. The summed E-state index contributed by atoms with van der Waals surface area (Å²) < 4.78 is 42.5. The highest BCUT2D eigenvalue weighted by Gasteiger charge is 2.48. The number of aliphatic hydroxyl groups is 3. The van der Waals surface area contributed by atoms with Crippen LogP contribution in [0.5, 0.6) is 5.75 Å². The smallest absolute Gasteiger partial charge is 0.336 e. The average molecular weight is 447 g/mol. The van der Waals surface area contributed by atoms with Crippen molar-refractivity contribution in [1.82, 2.24) is 0 Å². The first kappa shape index (κ1) is 24.6. The van der Waals surface area contributed by atoms with Crippen molar-refractivity contribution in [2.24, 2.45) is 5.73 Å². The van der Waals surface area contributed by atoms with Crippen molar-refractivity contribution in [3.8, 4) is 5.75 Å². The molecule has 0 spiro atoms. The zero-order valence-electron chi connectivity index (χ0n) is 16.6. The Balaban J connectivity index is 0.00000166. The zero-order chi connectivity index (χ0) is 23.5. The van der Waals surface area contributed by atoms with Gasteiger partial charge in [-0.05, 0) is 17.7 Å². The van der Waals surface area contributed by atoms with Crippen LogP contribution in [0.15, 0.2) is 27.4 Å². The summed E-state index contributed by atoms with van der Waals surface area (Å²) in [7, 11) is 0. The fourth-order valence-electron chi connectivity index (χ4n) is 3.05. The SMILES string of the molecule is CC.NCc1cc(=O)oc2c(C(F)F)c(OC3OC(C(=O)O)C(O)C(O)C3O)ccc12. The molecule has 3 rings (SSSR count). The van der Waals surface area contributed by atoms with Gasteiger partial charge in [0.05, 0.1) is 0 Å². The van der Waals surface area contributed by atoms with E-state index in [1.54, 1.807) is 0 Å². The predicted octanol–water partition coefficient (Wildman–Crippen LogP) is 0.486. The number of carboxylic acid groups (broad SMARTS) is 1. The van der Waals surface area contributed by atoms with Crippen LogP contribution >= 0.6 is 0 Å². The lowest BCUT2D eigenvalue weighted by atomic mass is 9.99. The van der Waals surface area contributed by atoms with Crippen molar-refractivity contribution in [2.45, 2.75) is 57.5 Å². The highest BCUT2D eigenvalue weighted by Crippen LogP contribution is 2.38. The van der Waals surface area contributed by atoms with E-state index in [1.165, 1.54) is 6.07 Å². The van der Waals surface area contributed by atoms with Gasteiger partial charge in [-0.2, -0.15) is 0 Å². The second kappa shape index (κ2) is 10.1. The molecule has 1 aliphatic rings. The van der Waals surface area contributed by atoms with Crippen LogP contribution in [-0.4, -0.2) is 57.1 Å². The molecular formula is C19H23F2NO9. The minimum Gasteiger partial charge on any atom is -0.479 e. The number of hydrogen-bond acceptors (Lipinski definition) is 9. The average Bonchev–Trinajstić information content (AvgIpc) is 2.73. The van der Waals surface area contributed by atoms with Gasteiger partial charge in [0.15, 0.2) is 11.7 Å². The number of halogens is 2. The third-order valence-electron chi connectivity index (χ3n) is 4.49. The minimum atomic E-state index is -3.20. The largest absolute Gasteiger partial charge is 0.479 e. The van der Waals surface area contributed by atoms with Gasteiger partial charge in [0.1, 0.15) is 29.6 Å². The van der Waals surface area contributed by atoms with Crippen LogP contribution in [-0.2, 0) is 16.1 Å². The van der Waals surface area contributed by atoms with Crippen LogP contribution in [0, 0.1) is 0 Å². The molecular weight excluding hydrogens is 424 g/mol. The highest BCUT2D eigenvalue weighted by molar-refractivity contribution is 5.85. The Morgan fingerprint density at radius 2 is 1.84 bits per heavy atom. The molecule has 5 unspecified atom stereocenters. The first-order valence-electron chi connectivity index (χ1n) is 9.32. The Morgan fingerprint density at radius 1 is 1.19 bits per heavy atom. The molecule has 1 aliphatic heterocycles. The van der Waals surface area contributed by atoms with Gasteiger partial charge in [0.2, 0.25) is 6.29 Å². The van der Waals surface area contributed by atoms with Gasteiger partial charge < -0.3 is 40.1 Å². The molecule has 0 radical (unpaired) electrons. The summed E-state index contributed by atoms with van der Waals surface area (Å²) in [5, 5.41) is 38.7. The minimum absolute atomic E-state index is 0.125. The highest BCUT2D eigenvalue weighted by atomic mass is 19.3. The molecule has 2 aromatic rings. The van der Waals surface area contributed by atoms with Crippen LogP contribution in [0.4, 0.5) is 8.78 Å². The Labute approximate surface area is 174 Å². The van der Waals surface area contributed by atoms with Crippen LogP contribution in [0.3, 0.4) is 0 Å². The van der Waals surface area contributed by atoms with Gasteiger partial charge in [-0.25, -0.2) is 18.4 Å². The molecule has 1 fully saturated rings. The van der Waals surface area contributed by atoms with E-state index >= 15 is 0 Å². The molecule has 1 aromatic carbocycles. The van der Waals surface area contributed by atoms with E-state index in [0.29, 0.717) is 0 Å². The van der Waals surface area contributed by atoms with Gasteiger partial charge in [-0.15, -0.1) is 0 Å². The Kier molecular flexibility index (Phi) is 8.03. The van der Waals surface area contributed by atoms with Crippen LogP contribution < -0.4 is 16.1 Å². The lowest BCUT2D eigenvalue weighted by Gasteiger charge is -2.38. The maximum absolute atomic E-state index is 13.8. The number of hydrogen-bond donors (Lipinski definition) is 5. The molecule has 1 saturated heterocycles. The summed E-state index contributed by atoms with van der Waals surface area (Å²) in [5.74, 6) is -2.25. The zero-order valence-corrected chi connectivity index (χ0v) is 16.6. The van der Waals surface area contributed by atoms with Gasteiger partial charge in [-0.1, -0.05) is 13.8 Å². The summed E-state index contributed by atoms with van der Waals surface area (Å²) in [4.78, 5) is 22.8. The predicted molar refractivity (Wildman–Crippen MR) is 102 cm³/mol. The van der Waals surface area contributed by atoms with Crippen LogP contribution in [0.25, 0.3) is 11.0 Å². The second-order valence-electron chi connectivity index (χ2n) is 6.30. The van der Waals surface area contributed by atoms with Gasteiger partial charge in [0.25, 0.3) is 6.43 Å². The Bertz CT molecular complexity index is 981. The van der Waals surface area contributed by atoms with Crippen LogP contribution in [0.2, 0.25) is 0 Å². The van der Waals surface area contributed by atoms with E-state index in [9.17, 15) is 33.7 Å². The number of benzene rings is 1. The molecule has 0 amide bonds. The summed E-state index contributed by atoms with van der Waals surface area (Å²) in [6.45, 7) is 3.87. The van der Waals surface area contributed by atoms with Crippen molar-refractivity contribution in [1.29, 1.82) is 0 Å². The Morgan fingerprint density at radius 3 is 2.39 bits per heavy atom. The molecule has 12 heteroatoms. The molecule has 0 aliphatic carbocycles. The third-order valence-corrected chi connectivity index (χ3v) is 4.49. The van der Waals surface area contributed by atoms with E-state index in [4.69, 9.17) is 24.7 Å². The number of rotatable bonds is 5. The Hall–Kier alpha value is -2.64. The molecule has 6 N–H and O–H groups in total. The molecule has 2 heterocycles. The number of aliphatic hydroxyl groups excluding tert-OH is 3. The van der Waals surface area contributed by atoms with E-state index < -0.39 is 65.6 Å². The quantitative estimate of drug-likeness (QED) is 0.406. The lowest BCUT2D eigenvalue weighted by Crippen LogP contribution is -2.61. The molecule has 5 atom stereocenters. The van der Waals surface area contributed by atoms with Gasteiger partial charge in [-0.3, -0.25) is 0 Å². The van der Waals surface area contributed by atoms with Crippen molar-refractivity contribution >= 4 is 16.9 Å². The molecule has 172 valence electrons. The fourth-order valence-corrected chi connectivity index (χ4v) is 3.05. The van der Waals surface area contributed by atoms with E-state index in [-0.39, 0.29) is 17.5 Å². The number of nitrogens with two attached hydrogens (primary N) is 1. The standard InChI is InChI=1S/C17H17F2NO9.C2H6/c18-15(19)9-7(2-1-6-5(4-20)3-8(21)28-13(6)9)27-17-12(24)10(22)11(23)14(29-17)16(25)26;1-2/h1-3,10-12,14-15,17,22-24H,4,20H2,(H,25,26);1-2H3. The summed E-state index contributed by atoms with van der Waals surface area (Å²) in [6.07, 6.45) is -13.0. The normalized spacial score (nSPS) is 25.8. The number of fused-ring (bicyclic) bond motifs is 1. The molecule has 0 saturated carbocycles. The van der Waals surface area contributed by atoms with Crippen molar-refractivity contribution in [3.05, 3.63) is 39.7 Å². The molecule has 0 bridgehead atoms. The van der Waals surface area contributed by atoms with Gasteiger partial charge in [0, 0.05) is 18.0 Å². The number of carboxylic acids is 1. The van der Waals surface area contributed by atoms with Crippen molar-refractivity contribution in [2.75, 3.05) is 0 Å². The number of aliphatic carboxylic acids is 1. The first-order valence-corrected chi connectivity index (χ1v) is 9.32. The summed E-state index contributed by atoms with van der Waals surface area (Å²) in [5.41, 5.74) is 3.52. The first-order chi connectivity index (χ1) is 14.6. The molecule has 10 nitrogen and oxygen atoms in total. The maximum atomic E-state index is 13.8. The van der Waals surface area contributed by atoms with E-state index in [2.05, 4.69) is 0 Å². The fraction of sp³-hybridized carbons (Fsp3) is 0.474. The maximum Gasteiger partial charge on any atom is 0.336 e. The van der Waals surface area contributed by atoms with Crippen molar-refractivity contribution < 1.29 is 47.9 Å².